The minimum absolute atomic E-state index is 0.398. The van der Waals surface area contributed by atoms with Crippen LogP contribution in [0.4, 0.5) is 0 Å². The summed E-state index contributed by atoms with van der Waals surface area (Å²) >= 11 is 1.58. The van der Waals surface area contributed by atoms with Crippen LogP contribution >= 0.6 is 11.8 Å². The van der Waals surface area contributed by atoms with Gasteiger partial charge in [-0.1, -0.05) is 6.07 Å². The molecular formula is C10H14N2O2S. The number of carbonyl (C=O) groups is 1. The van der Waals surface area contributed by atoms with Gasteiger partial charge in [-0.3, -0.25) is 4.98 Å². The van der Waals surface area contributed by atoms with Crippen LogP contribution in [-0.4, -0.2) is 28.1 Å². The van der Waals surface area contributed by atoms with Crippen LogP contribution in [0, 0.1) is 0 Å². The molecule has 0 aliphatic heterocycles. The van der Waals surface area contributed by atoms with Gasteiger partial charge < -0.3 is 10.8 Å². The number of nitrogens with two attached hydrogens (primary N) is 1. The molecular weight excluding hydrogens is 212 g/mol. The number of nitrogens with zero attached hydrogens (tertiary/aromatic N) is 1. The van der Waals surface area contributed by atoms with Gasteiger partial charge in [-0.2, -0.15) is 11.8 Å². The molecule has 82 valence electrons. The Balaban J connectivity index is 2.96. The van der Waals surface area contributed by atoms with Gasteiger partial charge in [-0.05, 0) is 24.5 Å². The second-order valence-electron chi connectivity index (χ2n) is 3.26. The smallest absolute Gasteiger partial charge is 0.328 e. The maximum atomic E-state index is 11.2. The Kier molecular flexibility index (Phi) is 4.11. The fourth-order valence-corrected chi connectivity index (χ4v) is 1.79. The molecule has 0 aromatic carbocycles. The minimum Gasteiger partial charge on any atom is -0.480 e. The van der Waals surface area contributed by atoms with E-state index in [0.717, 1.165) is 0 Å². The highest BCUT2D eigenvalue weighted by molar-refractivity contribution is 7.98. The second-order valence-corrected chi connectivity index (χ2v) is 4.25. The van der Waals surface area contributed by atoms with Gasteiger partial charge in [-0.15, -0.1) is 0 Å². The summed E-state index contributed by atoms with van der Waals surface area (Å²) in [5, 5.41) is 9.15. The minimum atomic E-state index is -1.32. The van der Waals surface area contributed by atoms with Gasteiger partial charge in [0.2, 0.25) is 0 Å². The van der Waals surface area contributed by atoms with Crippen LogP contribution in [0.25, 0.3) is 0 Å². The first-order valence-electron chi connectivity index (χ1n) is 4.53. The van der Waals surface area contributed by atoms with E-state index < -0.39 is 11.5 Å². The highest BCUT2D eigenvalue weighted by Crippen LogP contribution is 2.23. The van der Waals surface area contributed by atoms with Crippen LogP contribution in [0.2, 0.25) is 0 Å². The number of hydrogen-bond acceptors (Lipinski definition) is 4. The summed E-state index contributed by atoms with van der Waals surface area (Å²) in [5.41, 5.74) is 5.12. The van der Waals surface area contributed by atoms with Gasteiger partial charge in [0.1, 0.15) is 5.54 Å². The molecule has 0 fully saturated rings. The summed E-state index contributed by atoms with van der Waals surface area (Å²) in [5.74, 6) is -0.304. The highest BCUT2D eigenvalue weighted by Gasteiger charge is 2.35. The number of carboxylic acid groups (broad SMARTS) is 1. The maximum Gasteiger partial charge on any atom is 0.328 e. The molecule has 4 nitrogen and oxygen atoms in total. The van der Waals surface area contributed by atoms with E-state index in [-0.39, 0.29) is 0 Å². The molecule has 5 heteroatoms. The van der Waals surface area contributed by atoms with Crippen LogP contribution < -0.4 is 5.73 Å². The Bertz CT molecular complexity index is 331. The topological polar surface area (TPSA) is 76.2 Å². The van der Waals surface area contributed by atoms with Crippen molar-refractivity contribution in [1.82, 2.24) is 4.98 Å². The summed E-state index contributed by atoms with van der Waals surface area (Å²) in [4.78, 5) is 15.1. The Labute approximate surface area is 92.9 Å². The fraction of sp³-hybridized carbons (Fsp3) is 0.400. The van der Waals surface area contributed by atoms with Gasteiger partial charge in [0.25, 0.3) is 0 Å². The van der Waals surface area contributed by atoms with Gasteiger partial charge >= 0.3 is 5.97 Å². The molecule has 0 aliphatic carbocycles. The molecule has 0 radical (unpaired) electrons. The zero-order valence-corrected chi connectivity index (χ0v) is 9.33. The van der Waals surface area contributed by atoms with E-state index in [1.165, 1.54) is 6.20 Å². The third kappa shape index (κ3) is 2.70. The average Bonchev–Trinajstić information content (AvgIpc) is 2.27. The number of aromatic nitrogens is 1. The lowest BCUT2D eigenvalue weighted by Gasteiger charge is -2.24. The first-order chi connectivity index (χ1) is 7.11. The van der Waals surface area contributed by atoms with E-state index in [1.54, 1.807) is 30.1 Å². The molecule has 1 heterocycles. The molecule has 1 aromatic rings. The van der Waals surface area contributed by atoms with Crippen LogP contribution in [0.15, 0.2) is 24.5 Å². The fourth-order valence-electron chi connectivity index (χ4n) is 1.26. The normalized spacial score (nSPS) is 14.5. The molecule has 1 atom stereocenters. The summed E-state index contributed by atoms with van der Waals surface area (Å²) in [6.45, 7) is 0. The number of hydrogen-bond donors (Lipinski definition) is 2. The molecule has 15 heavy (non-hydrogen) atoms. The van der Waals surface area contributed by atoms with Crippen LogP contribution in [-0.2, 0) is 10.3 Å². The largest absolute Gasteiger partial charge is 0.480 e. The van der Waals surface area contributed by atoms with Crippen molar-refractivity contribution >= 4 is 17.7 Å². The third-order valence-electron chi connectivity index (χ3n) is 2.26. The summed E-state index contributed by atoms with van der Waals surface area (Å²) < 4.78 is 0. The van der Waals surface area contributed by atoms with Gasteiger partial charge in [0.15, 0.2) is 0 Å². The molecule has 0 amide bonds. The Morgan fingerprint density at radius 3 is 2.93 bits per heavy atom. The van der Waals surface area contributed by atoms with E-state index >= 15 is 0 Å². The molecule has 0 aliphatic rings. The molecule has 1 aromatic heterocycles. The lowest BCUT2D eigenvalue weighted by molar-refractivity contribution is -0.143. The lowest BCUT2D eigenvalue weighted by Crippen LogP contribution is -2.45. The molecule has 3 N–H and O–H groups in total. The molecule has 1 unspecified atom stereocenters. The summed E-state index contributed by atoms with van der Waals surface area (Å²) in [6.07, 6.45) is 5.43. The van der Waals surface area contributed by atoms with Gasteiger partial charge in [0, 0.05) is 18.0 Å². The zero-order chi connectivity index (χ0) is 11.3. The van der Waals surface area contributed by atoms with E-state index in [4.69, 9.17) is 10.8 Å². The first kappa shape index (κ1) is 12.0. The van der Waals surface area contributed by atoms with Crippen molar-refractivity contribution in [2.45, 2.75) is 12.0 Å². The van der Waals surface area contributed by atoms with Crippen molar-refractivity contribution in [3.05, 3.63) is 30.1 Å². The zero-order valence-electron chi connectivity index (χ0n) is 8.51. The van der Waals surface area contributed by atoms with E-state index in [9.17, 15) is 4.79 Å². The Morgan fingerprint density at radius 2 is 2.47 bits per heavy atom. The molecule has 1 rings (SSSR count). The first-order valence-corrected chi connectivity index (χ1v) is 5.92. The number of aliphatic carboxylic acids is 1. The molecule has 0 saturated heterocycles. The van der Waals surface area contributed by atoms with Crippen molar-refractivity contribution in [2.24, 2.45) is 5.73 Å². The van der Waals surface area contributed by atoms with E-state index in [2.05, 4.69) is 4.98 Å². The quantitative estimate of drug-likeness (QED) is 0.785. The number of carboxylic acids is 1. The number of pyridine rings is 1. The predicted octanol–water partition coefficient (Wildman–Crippen LogP) is 1.07. The summed E-state index contributed by atoms with van der Waals surface area (Å²) in [6, 6.07) is 3.39. The lowest BCUT2D eigenvalue weighted by atomic mass is 9.90. The standard InChI is InChI=1S/C10H14N2O2S/c1-15-6-4-10(11,9(13)14)8-3-2-5-12-7-8/h2-3,5,7H,4,6,11H2,1H3,(H,13,14). The Morgan fingerprint density at radius 1 is 1.73 bits per heavy atom. The van der Waals surface area contributed by atoms with E-state index in [1.807, 2.05) is 6.26 Å². The van der Waals surface area contributed by atoms with Crippen molar-refractivity contribution in [3.63, 3.8) is 0 Å². The van der Waals surface area contributed by atoms with Crippen LogP contribution in [0.5, 0.6) is 0 Å². The van der Waals surface area contributed by atoms with Crippen molar-refractivity contribution in [1.29, 1.82) is 0 Å². The van der Waals surface area contributed by atoms with Crippen LogP contribution in [0.1, 0.15) is 12.0 Å². The average molecular weight is 226 g/mol. The molecule has 0 saturated carbocycles. The highest BCUT2D eigenvalue weighted by atomic mass is 32.2. The second kappa shape index (κ2) is 5.14. The van der Waals surface area contributed by atoms with Gasteiger partial charge in [0.05, 0.1) is 0 Å². The van der Waals surface area contributed by atoms with Crippen molar-refractivity contribution in [3.8, 4) is 0 Å². The number of rotatable bonds is 5. The third-order valence-corrected chi connectivity index (χ3v) is 2.87. The number of thioether (sulfide) groups is 1. The van der Waals surface area contributed by atoms with Crippen LogP contribution in [0.3, 0.4) is 0 Å². The monoisotopic (exact) mass is 226 g/mol. The predicted molar refractivity (Wildman–Crippen MR) is 60.7 cm³/mol. The summed E-state index contributed by atoms with van der Waals surface area (Å²) in [7, 11) is 0. The molecule has 0 bridgehead atoms. The van der Waals surface area contributed by atoms with Gasteiger partial charge in [-0.25, -0.2) is 4.79 Å². The van der Waals surface area contributed by atoms with E-state index in [0.29, 0.717) is 17.7 Å². The van der Waals surface area contributed by atoms with Crippen molar-refractivity contribution < 1.29 is 9.90 Å². The SMILES string of the molecule is CSCCC(N)(C(=O)O)c1cccnc1. The maximum absolute atomic E-state index is 11.2. The molecule has 0 spiro atoms. The Hall–Kier alpha value is -1.07. The van der Waals surface area contributed by atoms with Crippen molar-refractivity contribution in [2.75, 3.05) is 12.0 Å².